The molecule has 1 saturated heterocycles. The number of rotatable bonds is 2. The highest BCUT2D eigenvalue weighted by Crippen LogP contribution is 2.26. The number of hydrogen-bond acceptors (Lipinski definition) is 3. The van der Waals surface area contributed by atoms with Crippen LogP contribution in [0.25, 0.3) is 10.9 Å². The van der Waals surface area contributed by atoms with Gasteiger partial charge in [0.2, 0.25) is 0 Å². The molecule has 0 atom stereocenters. The summed E-state index contributed by atoms with van der Waals surface area (Å²) < 4.78 is 0. The lowest BCUT2D eigenvalue weighted by atomic mass is 10.2. The molecule has 3 rings (SSSR count). The maximum absolute atomic E-state index is 4.75. The van der Waals surface area contributed by atoms with Crippen LogP contribution >= 0.6 is 0 Å². The third-order valence-electron chi connectivity index (χ3n) is 3.68. The Morgan fingerprint density at radius 2 is 2.25 bits per heavy atom. The Hall–Kier alpha value is -2.14. The van der Waals surface area contributed by atoms with Crippen LogP contribution in [0.5, 0.6) is 0 Å². The molecular weight excluding hydrogens is 250 g/mol. The highest BCUT2D eigenvalue weighted by atomic mass is 15.2. The van der Waals surface area contributed by atoms with E-state index in [1.54, 1.807) is 6.20 Å². The summed E-state index contributed by atoms with van der Waals surface area (Å²) in [4.78, 5) is 14.5. The average Bonchev–Trinajstić information content (AvgIpc) is 2.82. The molecule has 1 fully saturated rings. The molecule has 1 aliphatic rings. The molecule has 0 spiro atoms. The number of aromatic amines is 1. The van der Waals surface area contributed by atoms with E-state index in [0.717, 1.165) is 54.3 Å². The molecule has 0 aromatic carbocycles. The minimum Gasteiger partial charge on any atom is -0.354 e. The van der Waals surface area contributed by atoms with Crippen LogP contribution in [0.15, 0.2) is 36.1 Å². The number of nitrogens with zero attached hydrogens (tertiary/aromatic N) is 3. The lowest BCUT2D eigenvalue weighted by Crippen LogP contribution is -2.45. The van der Waals surface area contributed by atoms with Crippen molar-refractivity contribution in [3.8, 4) is 0 Å². The number of piperazine rings is 1. The summed E-state index contributed by atoms with van der Waals surface area (Å²) in [5, 5.41) is 4.46. The molecule has 0 bridgehead atoms. The molecule has 20 heavy (non-hydrogen) atoms. The highest BCUT2D eigenvalue weighted by molar-refractivity contribution is 5.96. The first kappa shape index (κ1) is 12.9. The molecule has 5 nitrogen and oxygen atoms in total. The number of amidine groups is 1. The summed E-state index contributed by atoms with van der Waals surface area (Å²) in [7, 11) is 0. The molecule has 104 valence electrons. The fourth-order valence-electron chi connectivity index (χ4n) is 2.52. The van der Waals surface area contributed by atoms with Crippen LogP contribution < -0.4 is 5.32 Å². The summed E-state index contributed by atoms with van der Waals surface area (Å²) >= 11 is 0. The van der Waals surface area contributed by atoms with Crippen molar-refractivity contribution in [1.29, 1.82) is 0 Å². The van der Waals surface area contributed by atoms with Crippen molar-refractivity contribution in [1.82, 2.24) is 20.2 Å². The zero-order chi connectivity index (χ0) is 13.9. The summed E-state index contributed by atoms with van der Waals surface area (Å²) in [6, 6.07) is 1.97. The minimum absolute atomic E-state index is 0.890. The van der Waals surface area contributed by atoms with Gasteiger partial charge in [-0.3, -0.25) is 4.98 Å². The second-order valence-corrected chi connectivity index (χ2v) is 4.93. The first-order chi connectivity index (χ1) is 9.79. The van der Waals surface area contributed by atoms with Gasteiger partial charge in [0.15, 0.2) is 0 Å². The van der Waals surface area contributed by atoms with Gasteiger partial charge in [0, 0.05) is 49.5 Å². The molecule has 0 radical (unpaired) electrons. The molecule has 2 aromatic rings. The molecule has 0 unspecified atom stereocenters. The van der Waals surface area contributed by atoms with Gasteiger partial charge in [-0.2, -0.15) is 0 Å². The van der Waals surface area contributed by atoms with Gasteiger partial charge in [0.1, 0.15) is 11.7 Å². The average molecular weight is 269 g/mol. The van der Waals surface area contributed by atoms with Gasteiger partial charge in [-0.25, -0.2) is 4.99 Å². The van der Waals surface area contributed by atoms with Gasteiger partial charge < -0.3 is 15.2 Å². The number of aliphatic imine (C=N–C) groups is 1. The molecule has 0 saturated carbocycles. The van der Waals surface area contributed by atoms with Crippen LogP contribution in [0.1, 0.15) is 5.56 Å². The monoisotopic (exact) mass is 269 g/mol. The zero-order valence-corrected chi connectivity index (χ0v) is 11.7. The molecule has 2 aromatic heterocycles. The molecule has 2 N–H and O–H groups in total. The van der Waals surface area contributed by atoms with Gasteiger partial charge in [-0.15, -0.1) is 0 Å². The first-order valence-electron chi connectivity index (χ1n) is 6.88. The zero-order valence-electron chi connectivity index (χ0n) is 11.7. The van der Waals surface area contributed by atoms with Gasteiger partial charge in [0.05, 0.1) is 5.52 Å². The lowest BCUT2D eigenvalue weighted by Gasteiger charge is -2.28. The smallest absolute Gasteiger partial charge is 0.136 e. The quantitative estimate of drug-likeness (QED) is 0.647. The molecule has 5 heteroatoms. The fraction of sp³-hybridized carbons (Fsp3) is 0.333. The highest BCUT2D eigenvalue weighted by Gasteiger charge is 2.13. The second kappa shape index (κ2) is 5.46. The SMILES string of the molecule is C=C/C(=N\c1[nH]c2ccncc2c1C)N1CCNCC1. The molecule has 0 amide bonds. The number of pyridine rings is 1. The maximum Gasteiger partial charge on any atom is 0.136 e. The van der Waals surface area contributed by atoms with Crippen molar-refractivity contribution >= 4 is 22.6 Å². The van der Waals surface area contributed by atoms with Gasteiger partial charge in [-0.05, 0) is 19.1 Å². The summed E-state index contributed by atoms with van der Waals surface area (Å²) in [5.74, 6) is 1.82. The standard InChI is InChI=1S/C15H19N5/c1-3-14(20-8-6-16-7-9-20)19-15-11(2)12-10-17-5-4-13(12)18-15/h3-5,10,16,18H,1,6-9H2,2H3/b19-14+. The van der Waals surface area contributed by atoms with Crippen LogP contribution in [0.3, 0.4) is 0 Å². The number of nitrogens with one attached hydrogen (secondary N) is 2. The van der Waals surface area contributed by atoms with Crippen LogP contribution in [-0.4, -0.2) is 46.9 Å². The van der Waals surface area contributed by atoms with Gasteiger partial charge in [0.25, 0.3) is 0 Å². The molecule has 0 aliphatic carbocycles. The van der Waals surface area contributed by atoms with Crippen molar-refractivity contribution < 1.29 is 0 Å². The number of aromatic nitrogens is 2. The Kier molecular flexibility index (Phi) is 3.52. The second-order valence-electron chi connectivity index (χ2n) is 4.93. The van der Waals surface area contributed by atoms with Crippen molar-refractivity contribution in [2.75, 3.05) is 26.2 Å². The van der Waals surface area contributed by atoms with E-state index in [-0.39, 0.29) is 0 Å². The number of H-pyrrole nitrogens is 1. The maximum atomic E-state index is 4.75. The molecule has 3 heterocycles. The Bertz CT molecular complexity index is 649. The number of fused-ring (bicyclic) bond motifs is 1. The fourth-order valence-corrected chi connectivity index (χ4v) is 2.52. The minimum atomic E-state index is 0.890. The van der Waals surface area contributed by atoms with Crippen molar-refractivity contribution in [3.63, 3.8) is 0 Å². The predicted molar refractivity (Wildman–Crippen MR) is 82.6 cm³/mol. The summed E-state index contributed by atoms with van der Waals surface area (Å²) in [5.41, 5.74) is 2.20. The Labute approximate surface area is 118 Å². The largest absolute Gasteiger partial charge is 0.354 e. The van der Waals surface area contributed by atoms with Crippen LogP contribution in [0.4, 0.5) is 5.82 Å². The third-order valence-corrected chi connectivity index (χ3v) is 3.68. The van der Waals surface area contributed by atoms with Crippen LogP contribution in [0.2, 0.25) is 0 Å². The van der Waals surface area contributed by atoms with Gasteiger partial charge >= 0.3 is 0 Å². The third kappa shape index (κ3) is 2.32. The van der Waals surface area contributed by atoms with E-state index in [9.17, 15) is 0 Å². The predicted octanol–water partition coefficient (Wildman–Crippen LogP) is 1.99. The van der Waals surface area contributed by atoms with Crippen molar-refractivity contribution in [3.05, 3.63) is 36.7 Å². The van der Waals surface area contributed by atoms with E-state index < -0.39 is 0 Å². The topological polar surface area (TPSA) is 56.3 Å². The Morgan fingerprint density at radius 1 is 1.45 bits per heavy atom. The lowest BCUT2D eigenvalue weighted by molar-refractivity contribution is 0.359. The summed E-state index contributed by atoms with van der Waals surface area (Å²) in [6.07, 6.45) is 5.49. The van der Waals surface area contributed by atoms with Crippen molar-refractivity contribution in [2.45, 2.75) is 6.92 Å². The van der Waals surface area contributed by atoms with E-state index in [1.807, 2.05) is 18.3 Å². The van der Waals surface area contributed by atoms with E-state index in [4.69, 9.17) is 4.99 Å². The Morgan fingerprint density at radius 3 is 2.95 bits per heavy atom. The van der Waals surface area contributed by atoms with Gasteiger partial charge in [-0.1, -0.05) is 6.58 Å². The molecular formula is C15H19N5. The van der Waals surface area contributed by atoms with E-state index >= 15 is 0 Å². The van der Waals surface area contributed by atoms with E-state index in [0.29, 0.717) is 0 Å². The normalized spacial score (nSPS) is 16.6. The van der Waals surface area contributed by atoms with Crippen molar-refractivity contribution in [2.24, 2.45) is 4.99 Å². The van der Waals surface area contributed by atoms with E-state index in [1.165, 1.54) is 0 Å². The Balaban J connectivity index is 1.98. The first-order valence-corrected chi connectivity index (χ1v) is 6.88. The van der Waals surface area contributed by atoms with Crippen LogP contribution in [0, 0.1) is 6.92 Å². The van der Waals surface area contributed by atoms with E-state index in [2.05, 4.69) is 33.7 Å². The van der Waals surface area contributed by atoms with Crippen LogP contribution in [-0.2, 0) is 0 Å². The summed E-state index contributed by atoms with van der Waals surface area (Å²) in [6.45, 7) is 9.87. The number of hydrogen-bond donors (Lipinski definition) is 2. The number of aryl methyl sites for hydroxylation is 1. The molecule has 1 aliphatic heterocycles.